The lowest BCUT2D eigenvalue weighted by molar-refractivity contribution is 0.474. The molecule has 3 nitrogen and oxygen atoms in total. The van der Waals surface area contributed by atoms with E-state index in [1.54, 1.807) is 0 Å². The molecule has 0 amide bonds. The average molecular weight is 275 g/mol. The van der Waals surface area contributed by atoms with Gasteiger partial charge in [-0.05, 0) is 38.6 Å². The van der Waals surface area contributed by atoms with Crippen LogP contribution in [0.5, 0.6) is 0 Å². The first kappa shape index (κ1) is 16.0. The molecular formula is C14H29NO2S. The smallest absolute Gasteiger partial charge is 0.156 e. The highest BCUT2D eigenvalue weighted by Crippen LogP contribution is 2.26. The second-order valence-electron chi connectivity index (χ2n) is 6.05. The molecule has 1 fully saturated rings. The van der Waals surface area contributed by atoms with Gasteiger partial charge in [0, 0.05) is 6.54 Å². The fraction of sp³-hybridized carbons (Fsp3) is 1.00. The van der Waals surface area contributed by atoms with Crippen LogP contribution in [0.4, 0.5) is 0 Å². The zero-order chi connectivity index (χ0) is 13.6. The van der Waals surface area contributed by atoms with Crippen LogP contribution in [0.3, 0.4) is 0 Å². The Labute approximate surface area is 113 Å². The molecule has 1 atom stereocenters. The van der Waals surface area contributed by atoms with E-state index in [1.165, 1.54) is 6.42 Å². The van der Waals surface area contributed by atoms with Crippen LogP contribution in [0.15, 0.2) is 0 Å². The molecule has 1 aliphatic carbocycles. The van der Waals surface area contributed by atoms with E-state index < -0.39 is 9.84 Å². The molecule has 1 unspecified atom stereocenters. The predicted octanol–water partition coefficient (Wildman–Crippen LogP) is 2.76. The van der Waals surface area contributed by atoms with Gasteiger partial charge >= 0.3 is 0 Å². The third kappa shape index (κ3) is 4.88. The monoisotopic (exact) mass is 275 g/mol. The Kier molecular flexibility index (Phi) is 6.64. The Balaban J connectivity index is 2.36. The normalized spacial score (nSPS) is 20.2. The zero-order valence-corrected chi connectivity index (χ0v) is 12.9. The van der Waals surface area contributed by atoms with Gasteiger partial charge in [-0.25, -0.2) is 8.42 Å². The summed E-state index contributed by atoms with van der Waals surface area (Å²) in [7, 11) is -2.93. The van der Waals surface area contributed by atoms with Gasteiger partial charge in [-0.2, -0.15) is 0 Å². The van der Waals surface area contributed by atoms with Gasteiger partial charge in [-0.3, -0.25) is 0 Å². The lowest BCUT2D eigenvalue weighted by Gasteiger charge is -2.25. The summed E-state index contributed by atoms with van der Waals surface area (Å²) in [6, 6.07) is 0. The third-order valence-corrected chi connectivity index (χ3v) is 6.60. The van der Waals surface area contributed by atoms with Gasteiger partial charge in [0.15, 0.2) is 9.84 Å². The van der Waals surface area contributed by atoms with Gasteiger partial charge in [0.05, 0.1) is 10.5 Å². The van der Waals surface area contributed by atoms with Gasteiger partial charge in [0.25, 0.3) is 0 Å². The number of hydrogen-bond donors (Lipinski definition) is 1. The molecule has 108 valence electrons. The van der Waals surface area contributed by atoms with E-state index >= 15 is 0 Å². The van der Waals surface area contributed by atoms with Crippen LogP contribution in [0.25, 0.3) is 0 Å². The molecule has 18 heavy (non-hydrogen) atoms. The van der Waals surface area contributed by atoms with Crippen molar-refractivity contribution in [2.75, 3.05) is 13.1 Å². The molecule has 0 aromatic carbocycles. The highest BCUT2D eigenvalue weighted by Gasteiger charge is 2.31. The maximum atomic E-state index is 12.4. The number of hydrogen-bond acceptors (Lipinski definition) is 3. The molecule has 1 N–H and O–H groups in total. The van der Waals surface area contributed by atoms with Crippen molar-refractivity contribution in [1.82, 2.24) is 5.32 Å². The summed E-state index contributed by atoms with van der Waals surface area (Å²) >= 11 is 0. The largest absolute Gasteiger partial charge is 0.315 e. The minimum absolute atomic E-state index is 0.0758. The minimum Gasteiger partial charge on any atom is -0.315 e. The number of nitrogens with one attached hydrogen (secondary N) is 1. The lowest BCUT2D eigenvalue weighted by Crippen LogP contribution is -2.38. The van der Waals surface area contributed by atoms with Gasteiger partial charge in [-0.15, -0.1) is 0 Å². The summed E-state index contributed by atoms with van der Waals surface area (Å²) in [5.74, 6) is 0.669. The molecule has 1 aliphatic rings. The van der Waals surface area contributed by atoms with Gasteiger partial charge in [0.2, 0.25) is 0 Å². The second-order valence-corrected chi connectivity index (χ2v) is 8.70. The van der Waals surface area contributed by atoms with Crippen LogP contribution >= 0.6 is 0 Å². The van der Waals surface area contributed by atoms with Crippen molar-refractivity contribution in [2.45, 2.75) is 69.8 Å². The van der Waals surface area contributed by atoms with Crippen LogP contribution in [-0.4, -0.2) is 32.0 Å². The van der Waals surface area contributed by atoms with Crippen molar-refractivity contribution in [3.05, 3.63) is 0 Å². The van der Waals surface area contributed by atoms with E-state index in [-0.39, 0.29) is 10.5 Å². The summed E-state index contributed by atoms with van der Waals surface area (Å²) in [5.41, 5.74) is 0. The van der Waals surface area contributed by atoms with Crippen LogP contribution in [0, 0.1) is 5.92 Å². The molecule has 4 heteroatoms. The topological polar surface area (TPSA) is 46.2 Å². The van der Waals surface area contributed by atoms with E-state index in [4.69, 9.17) is 0 Å². The Morgan fingerprint density at radius 3 is 2.28 bits per heavy atom. The van der Waals surface area contributed by atoms with Gasteiger partial charge in [0.1, 0.15) is 0 Å². The van der Waals surface area contributed by atoms with Crippen LogP contribution in [0.1, 0.15) is 59.3 Å². The molecule has 0 spiro atoms. The first-order valence-corrected chi connectivity index (χ1v) is 8.99. The molecular weight excluding hydrogens is 246 g/mol. The fourth-order valence-corrected chi connectivity index (χ4v) is 4.53. The highest BCUT2D eigenvalue weighted by molar-refractivity contribution is 7.92. The van der Waals surface area contributed by atoms with E-state index in [1.807, 2.05) is 6.92 Å². The highest BCUT2D eigenvalue weighted by atomic mass is 32.2. The first-order valence-electron chi connectivity index (χ1n) is 7.38. The Bertz CT molecular complexity index is 319. The molecule has 0 aromatic rings. The summed E-state index contributed by atoms with van der Waals surface area (Å²) in [6.45, 7) is 7.74. The molecule has 0 aromatic heterocycles. The van der Waals surface area contributed by atoms with Crippen molar-refractivity contribution < 1.29 is 8.42 Å². The van der Waals surface area contributed by atoms with Crippen LogP contribution < -0.4 is 5.32 Å². The van der Waals surface area contributed by atoms with Crippen LogP contribution in [0.2, 0.25) is 0 Å². The zero-order valence-electron chi connectivity index (χ0n) is 12.1. The lowest BCUT2D eigenvalue weighted by atomic mass is 10.0. The van der Waals surface area contributed by atoms with E-state index in [0.717, 1.165) is 38.6 Å². The summed E-state index contributed by atoms with van der Waals surface area (Å²) < 4.78 is 24.7. The second kappa shape index (κ2) is 7.49. The van der Waals surface area contributed by atoms with Gasteiger partial charge in [-0.1, -0.05) is 33.1 Å². The summed E-state index contributed by atoms with van der Waals surface area (Å²) in [5, 5.41) is 2.96. The van der Waals surface area contributed by atoms with E-state index in [9.17, 15) is 8.42 Å². The summed E-state index contributed by atoms with van der Waals surface area (Å²) in [4.78, 5) is 0. The Morgan fingerprint density at radius 1 is 1.11 bits per heavy atom. The maximum absolute atomic E-state index is 12.4. The minimum atomic E-state index is -2.93. The Morgan fingerprint density at radius 2 is 1.72 bits per heavy atom. The standard InChI is InChI=1S/C14H29NO2S/c1-12(2)9-10-15-11-13(3)18(16,17)14-7-5-4-6-8-14/h12-15H,4-11H2,1-3H3. The first-order chi connectivity index (χ1) is 8.44. The van der Waals surface area contributed by atoms with E-state index in [2.05, 4.69) is 19.2 Å². The van der Waals surface area contributed by atoms with Crippen molar-refractivity contribution >= 4 is 9.84 Å². The predicted molar refractivity (Wildman–Crippen MR) is 77.6 cm³/mol. The molecule has 1 saturated carbocycles. The molecule has 0 saturated heterocycles. The van der Waals surface area contributed by atoms with Gasteiger partial charge < -0.3 is 5.32 Å². The SMILES string of the molecule is CC(C)CCNCC(C)S(=O)(=O)C1CCCCC1. The number of rotatable bonds is 7. The van der Waals surface area contributed by atoms with E-state index in [0.29, 0.717) is 12.5 Å². The van der Waals surface area contributed by atoms with Crippen molar-refractivity contribution in [1.29, 1.82) is 0 Å². The fourth-order valence-electron chi connectivity index (χ4n) is 2.53. The maximum Gasteiger partial charge on any atom is 0.156 e. The molecule has 1 rings (SSSR count). The molecule has 0 radical (unpaired) electrons. The quantitative estimate of drug-likeness (QED) is 0.727. The Hall–Kier alpha value is -0.0900. The van der Waals surface area contributed by atoms with Crippen molar-refractivity contribution in [2.24, 2.45) is 5.92 Å². The third-order valence-electron chi connectivity index (χ3n) is 3.91. The molecule has 0 bridgehead atoms. The summed E-state index contributed by atoms with van der Waals surface area (Å²) in [6.07, 6.45) is 6.22. The molecule has 0 heterocycles. The van der Waals surface area contributed by atoms with Crippen molar-refractivity contribution in [3.8, 4) is 0 Å². The molecule has 0 aliphatic heterocycles. The van der Waals surface area contributed by atoms with Crippen LogP contribution in [-0.2, 0) is 9.84 Å². The van der Waals surface area contributed by atoms with Crippen molar-refractivity contribution in [3.63, 3.8) is 0 Å². The average Bonchev–Trinajstić information content (AvgIpc) is 2.35. The number of sulfone groups is 1.